The molecule has 1 amide bonds. The van der Waals surface area contributed by atoms with Crippen LogP contribution in [0.25, 0.3) is 0 Å². The number of benzene rings is 1. The number of pyridine rings is 1. The lowest BCUT2D eigenvalue weighted by Gasteiger charge is -2.44. The number of piperidine rings is 3. The van der Waals surface area contributed by atoms with E-state index in [1.165, 1.54) is 12.8 Å². The molecule has 0 spiro atoms. The van der Waals surface area contributed by atoms with Crippen molar-refractivity contribution in [2.75, 3.05) is 19.6 Å². The van der Waals surface area contributed by atoms with Gasteiger partial charge in [0.15, 0.2) is 0 Å². The highest BCUT2D eigenvalue weighted by Crippen LogP contribution is 2.28. The molecule has 26 heavy (non-hydrogen) atoms. The van der Waals surface area contributed by atoms with Gasteiger partial charge >= 0.3 is 0 Å². The summed E-state index contributed by atoms with van der Waals surface area (Å²) in [4.78, 5) is 19.0. The molecular weight excluding hydrogens is 328 g/mol. The number of hydrogen-bond acceptors (Lipinski definition) is 5. The minimum atomic E-state index is -0.0418. The fourth-order valence-electron chi connectivity index (χ4n) is 3.71. The normalized spacial score (nSPS) is 23.9. The standard InChI is InChI=1S/C20H20N4O2/c21-12-16-2-1-3-19(22-16)26-17-6-4-15(5-7-17)20(25)23-18-13-24-10-8-14(18)9-11-24/h1-7,14,18H,8-11,13H2,(H,23,25)/t18-/m0/s1. The van der Waals surface area contributed by atoms with Crippen LogP contribution in [0.5, 0.6) is 11.6 Å². The van der Waals surface area contributed by atoms with Gasteiger partial charge in [-0.2, -0.15) is 5.26 Å². The number of nitrogens with one attached hydrogen (secondary N) is 1. The summed E-state index contributed by atoms with van der Waals surface area (Å²) in [5.74, 6) is 1.49. The van der Waals surface area contributed by atoms with E-state index in [0.717, 1.165) is 19.6 Å². The molecule has 1 atom stereocenters. The van der Waals surface area contributed by atoms with Crippen molar-refractivity contribution in [3.05, 3.63) is 53.7 Å². The van der Waals surface area contributed by atoms with Gasteiger partial charge in [0.1, 0.15) is 17.5 Å². The monoisotopic (exact) mass is 348 g/mol. The summed E-state index contributed by atoms with van der Waals surface area (Å²) < 4.78 is 5.65. The van der Waals surface area contributed by atoms with Gasteiger partial charge in [-0.25, -0.2) is 4.98 Å². The van der Waals surface area contributed by atoms with E-state index in [1.54, 1.807) is 42.5 Å². The first-order valence-corrected chi connectivity index (χ1v) is 8.89. The zero-order chi connectivity index (χ0) is 17.9. The van der Waals surface area contributed by atoms with E-state index < -0.39 is 0 Å². The van der Waals surface area contributed by atoms with E-state index in [9.17, 15) is 4.79 Å². The molecule has 2 aromatic rings. The van der Waals surface area contributed by atoms with Crippen LogP contribution in [0.2, 0.25) is 0 Å². The number of fused-ring (bicyclic) bond motifs is 3. The number of nitrogens with zero attached hydrogens (tertiary/aromatic N) is 3. The second-order valence-corrected chi connectivity index (χ2v) is 6.82. The first kappa shape index (κ1) is 16.6. The molecule has 0 radical (unpaired) electrons. The summed E-state index contributed by atoms with van der Waals surface area (Å²) in [6.45, 7) is 3.27. The first-order chi connectivity index (χ1) is 12.7. The molecule has 132 valence electrons. The fourth-order valence-corrected chi connectivity index (χ4v) is 3.71. The number of nitriles is 1. The third kappa shape index (κ3) is 3.53. The molecule has 4 heterocycles. The topological polar surface area (TPSA) is 78.2 Å². The number of hydrogen-bond donors (Lipinski definition) is 1. The lowest BCUT2D eigenvalue weighted by molar-refractivity contribution is 0.0620. The van der Waals surface area contributed by atoms with Crippen LogP contribution >= 0.6 is 0 Å². The van der Waals surface area contributed by atoms with Crippen LogP contribution in [0.1, 0.15) is 28.9 Å². The zero-order valence-electron chi connectivity index (χ0n) is 14.4. The summed E-state index contributed by atoms with van der Waals surface area (Å²) in [5, 5.41) is 12.1. The zero-order valence-corrected chi connectivity index (χ0v) is 14.4. The maximum Gasteiger partial charge on any atom is 0.251 e. The third-order valence-corrected chi connectivity index (χ3v) is 5.15. The van der Waals surface area contributed by atoms with Crippen molar-refractivity contribution < 1.29 is 9.53 Å². The van der Waals surface area contributed by atoms with Gasteiger partial charge in [-0.15, -0.1) is 0 Å². The molecule has 0 saturated carbocycles. The predicted octanol–water partition coefficient (Wildman–Crippen LogP) is 2.57. The molecule has 5 rings (SSSR count). The first-order valence-electron chi connectivity index (χ1n) is 8.89. The highest BCUT2D eigenvalue weighted by molar-refractivity contribution is 5.94. The Kier molecular flexibility index (Phi) is 4.55. The van der Waals surface area contributed by atoms with E-state index >= 15 is 0 Å². The Hall–Kier alpha value is -2.91. The van der Waals surface area contributed by atoms with Gasteiger partial charge in [0.2, 0.25) is 5.88 Å². The quantitative estimate of drug-likeness (QED) is 0.919. The Morgan fingerprint density at radius 1 is 1.19 bits per heavy atom. The lowest BCUT2D eigenvalue weighted by atomic mass is 9.84. The molecule has 3 aliphatic heterocycles. The van der Waals surface area contributed by atoms with Crippen molar-refractivity contribution >= 4 is 5.91 Å². The third-order valence-electron chi connectivity index (χ3n) is 5.15. The molecule has 3 fully saturated rings. The maximum absolute atomic E-state index is 12.5. The Bertz CT molecular complexity index is 836. The van der Waals surface area contributed by atoms with Gasteiger partial charge in [-0.1, -0.05) is 6.07 Å². The summed E-state index contributed by atoms with van der Waals surface area (Å²) >= 11 is 0. The lowest BCUT2D eigenvalue weighted by Crippen LogP contribution is -2.57. The van der Waals surface area contributed by atoms with Crippen molar-refractivity contribution in [3.63, 3.8) is 0 Å². The predicted molar refractivity (Wildman–Crippen MR) is 95.9 cm³/mol. The number of ether oxygens (including phenoxy) is 1. The molecule has 2 bridgehead atoms. The minimum Gasteiger partial charge on any atom is -0.439 e. The number of carbonyl (C=O) groups is 1. The Labute approximate surface area is 152 Å². The molecule has 6 nitrogen and oxygen atoms in total. The molecule has 6 heteroatoms. The van der Waals surface area contributed by atoms with Gasteiger partial charge in [-0.3, -0.25) is 4.79 Å². The summed E-state index contributed by atoms with van der Waals surface area (Å²) in [6, 6.07) is 14.2. The molecule has 3 saturated heterocycles. The molecular formula is C20H20N4O2. The molecule has 3 aliphatic rings. The van der Waals surface area contributed by atoms with Gasteiger partial charge in [0.05, 0.1) is 0 Å². The highest BCUT2D eigenvalue weighted by atomic mass is 16.5. The van der Waals surface area contributed by atoms with Gasteiger partial charge in [0, 0.05) is 24.2 Å². The van der Waals surface area contributed by atoms with Crippen LogP contribution in [0, 0.1) is 17.2 Å². The number of amides is 1. The summed E-state index contributed by atoms with van der Waals surface area (Å²) in [7, 11) is 0. The number of aromatic nitrogens is 1. The molecule has 1 aromatic heterocycles. The van der Waals surface area contributed by atoms with E-state index in [-0.39, 0.29) is 11.9 Å². The highest BCUT2D eigenvalue weighted by Gasteiger charge is 2.34. The van der Waals surface area contributed by atoms with Gasteiger partial charge < -0.3 is 15.0 Å². The van der Waals surface area contributed by atoms with Crippen LogP contribution in [-0.4, -0.2) is 41.5 Å². The van der Waals surface area contributed by atoms with Crippen molar-refractivity contribution in [1.82, 2.24) is 15.2 Å². The van der Waals surface area contributed by atoms with E-state index in [2.05, 4.69) is 15.2 Å². The number of carbonyl (C=O) groups excluding carboxylic acids is 1. The van der Waals surface area contributed by atoms with E-state index in [4.69, 9.17) is 10.00 Å². The Morgan fingerprint density at radius 3 is 2.62 bits per heavy atom. The van der Waals surface area contributed by atoms with Gasteiger partial charge in [-0.05, 0) is 62.2 Å². The van der Waals surface area contributed by atoms with Crippen molar-refractivity contribution in [1.29, 1.82) is 5.26 Å². The summed E-state index contributed by atoms with van der Waals surface area (Å²) in [6.07, 6.45) is 2.35. The second kappa shape index (κ2) is 7.14. The Morgan fingerprint density at radius 2 is 1.96 bits per heavy atom. The fraction of sp³-hybridized carbons (Fsp3) is 0.350. The minimum absolute atomic E-state index is 0.0418. The van der Waals surface area contributed by atoms with Gasteiger partial charge in [0.25, 0.3) is 5.91 Å². The smallest absolute Gasteiger partial charge is 0.251 e. The average Bonchev–Trinajstić information content (AvgIpc) is 2.69. The molecule has 0 unspecified atom stereocenters. The van der Waals surface area contributed by atoms with Crippen LogP contribution in [0.4, 0.5) is 0 Å². The van der Waals surface area contributed by atoms with Crippen molar-refractivity contribution in [3.8, 4) is 17.7 Å². The molecule has 1 aromatic carbocycles. The van der Waals surface area contributed by atoms with Crippen LogP contribution in [-0.2, 0) is 0 Å². The molecule has 0 aliphatic carbocycles. The van der Waals surface area contributed by atoms with Crippen molar-refractivity contribution in [2.45, 2.75) is 18.9 Å². The van der Waals surface area contributed by atoms with Crippen LogP contribution in [0.3, 0.4) is 0 Å². The summed E-state index contributed by atoms with van der Waals surface area (Å²) in [5.41, 5.74) is 0.920. The molecule has 1 N–H and O–H groups in total. The Balaban J connectivity index is 1.39. The van der Waals surface area contributed by atoms with E-state index in [1.807, 2.05) is 6.07 Å². The number of rotatable bonds is 4. The largest absolute Gasteiger partial charge is 0.439 e. The van der Waals surface area contributed by atoms with Crippen LogP contribution < -0.4 is 10.1 Å². The van der Waals surface area contributed by atoms with Crippen molar-refractivity contribution in [2.24, 2.45) is 5.92 Å². The average molecular weight is 348 g/mol. The van der Waals surface area contributed by atoms with Crippen LogP contribution in [0.15, 0.2) is 42.5 Å². The second-order valence-electron chi connectivity index (χ2n) is 6.82. The maximum atomic E-state index is 12.5. The van der Waals surface area contributed by atoms with E-state index in [0.29, 0.717) is 28.8 Å². The SMILES string of the molecule is N#Cc1cccc(Oc2ccc(C(=O)N[C@H]3CN4CCC3CC4)cc2)n1.